The Morgan fingerprint density at radius 3 is 2.52 bits per heavy atom. The van der Waals surface area contributed by atoms with Crippen LogP contribution in [0.25, 0.3) is 21.0 Å². The molecule has 2 heterocycles. The Bertz CT molecular complexity index is 1480. The number of carbonyl (C=O) groups is 1. The SMILES string of the molecule is COc1cc2ccccc2cc1C(=O)N(Cc1ccncc1)c1nc2c(C)cc(Cl)cc2s1. The highest BCUT2D eigenvalue weighted by Crippen LogP contribution is 2.36. The number of ether oxygens (including phenoxy) is 1. The van der Waals surface area contributed by atoms with E-state index in [9.17, 15) is 4.79 Å². The van der Waals surface area contributed by atoms with E-state index in [2.05, 4.69) is 4.98 Å². The Morgan fingerprint density at radius 2 is 1.79 bits per heavy atom. The third kappa shape index (κ3) is 4.15. The number of pyridine rings is 1. The first-order chi connectivity index (χ1) is 16.0. The van der Waals surface area contributed by atoms with Crippen molar-refractivity contribution < 1.29 is 9.53 Å². The zero-order chi connectivity index (χ0) is 22.9. The zero-order valence-electron chi connectivity index (χ0n) is 18.1. The second-order valence-electron chi connectivity index (χ2n) is 7.71. The minimum Gasteiger partial charge on any atom is -0.496 e. The van der Waals surface area contributed by atoms with E-state index in [1.807, 2.05) is 67.6 Å². The summed E-state index contributed by atoms with van der Waals surface area (Å²) in [6, 6.07) is 19.3. The highest BCUT2D eigenvalue weighted by atomic mass is 35.5. The molecule has 7 heteroatoms. The number of aryl methyl sites for hydroxylation is 1. The fraction of sp³-hybridized carbons (Fsp3) is 0.115. The lowest BCUT2D eigenvalue weighted by Gasteiger charge is -2.21. The summed E-state index contributed by atoms with van der Waals surface area (Å²) >= 11 is 7.72. The Balaban J connectivity index is 1.65. The molecule has 0 radical (unpaired) electrons. The van der Waals surface area contributed by atoms with E-state index in [1.165, 1.54) is 11.3 Å². The van der Waals surface area contributed by atoms with E-state index in [0.717, 1.165) is 32.1 Å². The maximum atomic E-state index is 14.0. The summed E-state index contributed by atoms with van der Waals surface area (Å²) < 4.78 is 6.55. The molecule has 0 atom stereocenters. The average molecular weight is 474 g/mol. The van der Waals surface area contributed by atoms with Gasteiger partial charge in [-0.15, -0.1) is 0 Å². The molecule has 2 aromatic heterocycles. The molecule has 0 bridgehead atoms. The molecule has 164 valence electrons. The molecule has 0 N–H and O–H groups in total. The molecule has 5 nitrogen and oxygen atoms in total. The van der Waals surface area contributed by atoms with Crippen LogP contribution in [0.15, 0.2) is 73.1 Å². The van der Waals surface area contributed by atoms with E-state index in [-0.39, 0.29) is 5.91 Å². The van der Waals surface area contributed by atoms with Crippen LogP contribution < -0.4 is 9.64 Å². The third-order valence-electron chi connectivity index (χ3n) is 5.50. The molecule has 0 fully saturated rings. The first-order valence-corrected chi connectivity index (χ1v) is 11.6. The van der Waals surface area contributed by atoms with Crippen LogP contribution in [0.3, 0.4) is 0 Å². The Kier molecular flexibility index (Phi) is 5.70. The molecule has 0 saturated heterocycles. The number of anilines is 1. The van der Waals surface area contributed by atoms with Crippen molar-refractivity contribution in [1.82, 2.24) is 9.97 Å². The van der Waals surface area contributed by atoms with Crippen LogP contribution in [0, 0.1) is 6.92 Å². The number of nitrogens with zero attached hydrogens (tertiary/aromatic N) is 3. The summed E-state index contributed by atoms with van der Waals surface area (Å²) in [7, 11) is 1.58. The molecule has 3 aromatic carbocycles. The molecule has 5 aromatic rings. The molecule has 0 aliphatic carbocycles. The van der Waals surface area contributed by atoms with Gasteiger partial charge in [0.25, 0.3) is 5.91 Å². The summed E-state index contributed by atoms with van der Waals surface area (Å²) in [5.41, 5.74) is 3.25. The number of methoxy groups -OCH3 is 1. The van der Waals surface area contributed by atoms with Gasteiger partial charge >= 0.3 is 0 Å². The molecular formula is C26H20ClN3O2S. The van der Waals surface area contributed by atoms with Gasteiger partial charge in [0, 0.05) is 17.4 Å². The number of aromatic nitrogens is 2. The largest absolute Gasteiger partial charge is 0.496 e. The molecule has 33 heavy (non-hydrogen) atoms. The Labute approximate surface area is 200 Å². The lowest BCUT2D eigenvalue weighted by Crippen LogP contribution is -2.30. The lowest BCUT2D eigenvalue weighted by molar-refractivity contribution is 0.0982. The lowest BCUT2D eigenvalue weighted by atomic mass is 10.0. The number of hydrogen-bond acceptors (Lipinski definition) is 5. The minimum atomic E-state index is -0.183. The fourth-order valence-electron chi connectivity index (χ4n) is 3.86. The van der Waals surface area contributed by atoms with Crippen LogP contribution in [-0.2, 0) is 6.54 Å². The van der Waals surface area contributed by atoms with E-state index in [1.54, 1.807) is 24.4 Å². The Morgan fingerprint density at radius 1 is 1.06 bits per heavy atom. The number of amides is 1. The first kappa shape index (κ1) is 21.4. The van der Waals surface area contributed by atoms with Gasteiger partial charge in [0.05, 0.1) is 29.4 Å². The minimum absolute atomic E-state index is 0.183. The second-order valence-corrected chi connectivity index (χ2v) is 9.16. The summed E-state index contributed by atoms with van der Waals surface area (Å²) in [5.74, 6) is 0.344. The number of rotatable bonds is 5. The fourth-order valence-corrected chi connectivity index (χ4v) is 5.27. The van der Waals surface area contributed by atoms with Crippen LogP contribution in [0.2, 0.25) is 5.02 Å². The van der Waals surface area contributed by atoms with Crippen molar-refractivity contribution in [3.63, 3.8) is 0 Å². The van der Waals surface area contributed by atoms with Crippen LogP contribution >= 0.6 is 22.9 Å². The monoisotopic (exact) mass is 473 g/mol. The van der Waals surface area contributed by atoms with E-state index in [0.29, 0.717) is 28.0 Å². The van der Waals surface area contributed by atoms with Crippen molar-refractivity contribution in [2.24, 2.45) is 0 Å². The second kappa shape index (κ2) is 8.81. The summed E-state index contributed by atoms with van der Waals surface area (Å²) in [6.07, 6.45) is 3.44. The molecule has 0 unspecified atom stereocenters. The van der Waals surface area contributed by atoms with Crippen molar-refractivity contribution in [3.05, 3.63) is 94.8 Å². The van der Waals surface area contributed by atoms with Crippen LogP contribution in [-0.4, -0.2) is 23.0 Å². The van der Waals surface area contributed by atoms with Crippen molar-refractivity contribution >= 4 is 55.0 Å². The van der Waals surface area contributed by atoms with Gasteiger partial charge in [0.1, 0.15) is 5.75 Å². The average Bonchev–Trinajstić information content (AvgIpc) is 3.26. The van der Waals surface area contributed by atoms with Crippen molar-refractivity contribution in [1.29, 1.82) is 0 Å². The van der Waals surface area contributed by atoms with E-state index < -0.39 is 0 Å². The number of halogens is 1. The molecule has 0 saturated carbocycles. The maximum absolute atomic E-state index is 14.0. The molecule has 1 amide bonds. The number of thiazole rings is 1. The number of fused-ring (bicyclic) bond motifs is 2. The molecule has 0 aliphatic rings. The number of carbonyl (C=O) groups excluding carboxylic acids is 1. The predicted octanol–water partition coefficient (Wildman–Crippen LogP) is 6.66. The van der Waals surface area contributed by atoms with Crippen molar-refractivity contribution in [2.75, 3.05) is 12.0 Å². The van der Waals surface area contributed by atoms with E-state index in [4.69, 9.17) is 21.3 Å². The van der Waals surface area contributed by atoms with Gasteiger partial charge < -0.3 is 4.74 Å². The predicted molar refractivity (Wildman–Crippen MR) is 135 cm³/mol. The smallest absolute Gasteiger partial charge is 0.264 e. The zero-order valence-corrected chi connectivity index (χ0v) is 19.7. The van der Waals surface area contributed by atoms with Gasteiger partial charge in [0.15, 0.2) is 5.13 Å². The van der Waals surface area contributed by atoms with Gasteiger partial charge in [-0.25, -0.2) is 4.98 Å². The van der Waals surface area contributed by atoms with Crippen molar-refractivity contribution in [2.45, 2.75) is 13.5 Å². The van der Waals surface area contributed by atoms with Gasteiger partial charge in [-0.1, -0.05) is 47.2 Å². The highest BCUT2D eigenvalue weighted by Gasteiger charge is 2.25. The van der Waals surface area contributed by atoms with Crippen LogP contribution in [0.5, 0.6) is 5.75 Å². The van der Waals surface area contributed by atoms with E-state index >= 15 is 0 Å². The standard InChI is InChI=1S/C26H20ClN3O2S/c1-16-11-20(27)14-23-24(16)29-26(33-23)30(15-17-7-9-28-10-8-17)25(31)21-12-18-5-3-4-6-19(18)13-22(21)32-2/h3-14H,15H2,1-2H3. The Hall–Kier alpha value is -3.48. The first-order valence-electron chi connectivity index (χ1n) is 10.4. The normalized spacial score (nSPS) is 11.1. The van der Waals surface area contributed by atoms with Crippen LogP contribution in [0.1, 0.15) is 21.5 Å². The summed E-state index contributed by atoms with van der Waals surface area (Å²) in [4.78, 5) is 24.6. The van der Waals surface area contributed by atoms with Gasteiger partial charge in [0.2, 0.25) is 0 Å². The molecule has 5 rings (SSSR count). The van der Waals surface area contributed by atoms with Crippen molar-refractivity contribution in [3.8, 4) is 5.75 Å². The summed E-state index contributed by atoms with van der Waals surface area (Å²) in [6.45, 7) is 2.32. The molecular weight excluding hydrogens is 454 g/mol. The van der Waals surface area contributed by atoms with Crippen LogP contribution in [0.4, 0.5) is 5.13 Å². The maximum Gasteiger partial charge on any atom is 0.264 e. The highest BCUT2D eigenvalue weighted by molar-refractivity contribution is 7.22. The third-order valence-corrected chi connectivity index (χ3v) is 6.75. The number of hydrogen-bond donors (Lipinski definition) is 0. The quantitative estimate of drug-likeness (QED) is 0.286. The van der Waals surface area contributed by atoms with Gasteiger partial charge in [-0.05, 0) is 65.2 Å². The topological polar surface area (TPSA) is 55.3 Å². The molecule has 0 spiro atoms. The molecule has 0 aliphatic heterocycles. The van der Waals surface area contributed by atoms with Gasteiger partial charge in [-0.2, -0.15) is 0 Å². The summed E-state index contributed by atoms with van der Waals surface area (Å²) in [5, 5.41) is 3.24. The van der Waals surface area contributed by atoms with Gasteiger partial charge in [-0.3, -0.25) is 14.7 Å². The number of benzene rings is 3.